The van der Waals surface area contributed by atoms with Gasteiger partial charge in [0.2, 0.25) is 0 Å². The van der Waals surface area contributed by atoms with Crippen molar-refractivity contribution in [3.05, 3.63) is 60.6 Å². The van der Waals surface area contributed by atoms with Crippen LogP contribution in [-0.2, 0) is 6.54 Å². The third kappa shape index (κ3) is 2.81. The van der Waals surface area contributed by atoms with E-state index >= 15 is 0 Å². The highest BCUT2D eigenvalue weighted by molar-refractivity contribution is 5.80. The number of anilines is 1. The third-order valence-corrected chi connectivity index (χ3v) is 5.96. The number of nitrogens with one attached hydrogen (secondary N) is 1. The maximum absolute atomic E-state index is 4.14. The number of para-hydroxylation sites is 1. The second kappa shape index (κ2) is 5.88. The molecule has 1 unspecified atom stereocenters. The Balaban J connectivity index is 1.27. The number of benzene rings is 1. The summed E-state index contributed by atoms with van der Waals surface area (Å²) in [5.41, 5.74) is 4.37. The van der Waals surface area contributed by atoms with Gasteiger partial charge in [-0.15, -0.1) is 0 Å². The van der Waals surface area contributed by atoms with Crippen LogP contribution in [0.3, 0.4) is 0 Å². The first-order chi connectivity index (χ1) is 12.3. The summed E-state index contributed by atoms with van der Waals surface area (Å²) in [5, 5.41) is 1.32. The van der Waals surface area contributed by atoms with Gasteiger partial charge in [0.1, 0.15) is 0 Å². The van der Waals surface area contributed by atoms with E-state index in [0.29, 0.717) is 5.41 Å². The fraction of sp³-hybridized carbons (Fsp3) is 0.381. The summed E-state index contributed by atoms with van der Waals surface area (Å²) in [7, 11) is 0. The highest BCUT2D eigenvalue weighted by Crippen LogP contribution is 2.41. The smallest absolute Gasteiger partial charge is 0.0456 e. The molecule has 2 aliphatic rings. The fourth-order valence-electron chi connectivity index (χ4n) is 4.67. The van der Waals surface area contributed by atoms with Gasteiger partial charge in [-0.2, -0.15) is 0 Å². The molecule has 4 heteroatoms. The largest absolute Gasteiger partial charge is 0.371 e. The molecule has 2 aliphatic heterocycles. The number of pyridine rings is 1. The van der Waals surface area contributed by atoms with Crippen LogP contribution in [0.1, 0.15) is 18.5 Å². The molecule has 0 radical (unpaired) electrons. The van der Waals surface area contributed by atoms with E-state index in [4.69, 9.17) is 0 Å². The Morgan fingerprint density at radius 3 is 2.72 bits per heavy atom. The van der Waals surface area contributed by atoms with Crippen LogP contribution in [-0.4, -0.2) is 41.0 Å². The second-order valence-corrected chi connectivity index (χ2v) is 7.72. The molecule has 128 valence electrons. The first-order valence-corrected chi connectivity index (χ1v) is 9.24. The van der Waals surface area contributed by atoms with Gasteiger partial charge >= 0.3 is 0 Å². The summed E-state index contributed by atoms with van der Waals surface area (Å²) < 4.78 is 0. The Morgan fingerprint density at radius 2 is 1.84 bits per heavy atom. The second-order valence-electron chi connectivity index (χ2n) is 7.72. The zero-order valence-corrected chi connectivity index (χ0v) is 14.5. The monoisotopic (exact) mass is 332 g/mol. The van der Waals surface area contributed by atoms with Gasteiger partial charge in [-0.25, -0.2) is 0 Å². The SMILES string of the molecule is c1ccc2[nH]c(CN3CCC4(CCN(c5ccncc5)C4)C3)cc2c1. The summed E-state index contributed by atoms with van der Waals surface area (Å²) >= 11 is 0. The van der Waals surface area contributed by atoms with Crippen LogP contribution in [0.2, 0.25) is 0 Å². The lowest BCUT2D eigenvalue weighted by atomic mass is 9.86. The van der Waals surface area contributed by atoms with Crippen molar-refractivity contribution in [1.29, 1.82) is 0 Å². The molecule has 2 saturated heterocycles. The molecule has 0 saturated carbocycles. The maximum atomic E-state index is 4.14. The summed E-state index contributed by atoms with van der Waals surface area (Å²) in [5.74, 6) is 0. The predicted octanol–water partition coefficient (Wildman–Crippen LogP) is 3.67. The van der Waals surface area contributed by atoms with Gasteiger partial charge in [0, 0.05) is 60.9 Å². The molecule has 0 aliphatic carbocycles. The van der Waals surface area contributed by atoms with Gasteiger partial charge < -0.3 is 9.88 Å². The Kier molecular flexibility index (Phi) is 3.52. The van der Waals surface area contributed by atoms with Gasteiger partial charge in [-0.1, -0.05) is 18.2 Å². The first-order valence-electron chi connectivity index (χ1n) is 9.24. The van der Waals surface area contributed by atoms with E-state index in [-0.39, 0.29) is 0 Å². The molecular formula is C21H24N4. The van der Waals surface area contributed by atoms with Gasteiger partial charge in [0.15, 0.2) is 0 Å². The molecule has 1 spiro atoms. The van der Waals surface area contributed by atoms with Crippen LogP contribution >= 0.6 is 0 Å². The normalized spacial score (nSPS) is 23.9. The zero-order chi connectivity index (χ0) is 16.7. The molecule has 25 heavy (non-hydrogen) atoms. The molecule has 0 bridgehead atoms. The van der Waals surface area contributed by atoms with Crippen LogP contribution in [0, 0.1) is 5.41 Å². The minimum atomic E-state index is 0.468. The van der Waals surface area contributed by atoms with Crippen molar-refractivity contribution in [1.82, 2.24) is 14.9 Å². The van der Waals surface area contributed by atoms with Crippen LogP contribution < -0.4 is 4.90 Å². The lowest BCUT2D eigenvalue weighted by Crippen LogP contribution is -2.30. The van der Waals surface area contributed by atoms with Crippen molar-refractivity contribution < 1.29 is 0 Å². The van der Waals surface area contributed by atoms with Gasteiger partial charge in [-0.3, -0.25) is 9.88 Å². The van der Waals surface area contributed by atoms with Crippen LogP contribution in [0.5, 0.6) is 0 Å². The van der Waals surface area contributed by atoms with Crippen LogP contribution in [0.15, 0.2) is 54.9 Å². The van der Waals surface area contributed by atoms with Gasteiger partial charge in [0.05, 0.1) is 0 Å². The van der Waals surface area contributed by atoms with Crippen molar-refractivity contribution in [2.45, 2.75) is 19.4 Å². The molecule has 2 aromatic heterocycles. The summed E-state index contributed by atoms with van der Waals surface area (Å²) in [6, 6.07) is 15.1. The summed E-state index contributed by atoms with van der Waals surface area (Å²) in [4.78, 5) is 12.9. The molecule has 3 aromatic rings. The number of aromatic amines is 1. The third-order valence-electron chi connectivity index (χ3n) is 5.96. The van der Waals surface area contributed by atoms with E-state index in [9.17, 15) is 0 Å². The molecule has 1 aromatic carbocycles. The highest BCUT2D eigenvalue weighted by atomic mass is 15.2. The van der Waals surface area contributed by atoms with Crippen molar-refractivity contribution in [2.75, 3.05) is 31.1 Å². The Morgan fingerprint density at radius 1 is 1.00 bits per heavy atom. The molecule has 1 atom stereocenters. The molecule has 0 amide bonds. The van der Waals surface area contributed by atoms with E-state index in [0.717, 1.165) is 6.54 Å². The lowest BCUT2D eigenvalue weighted by Gasteiger charge is -2.25. The van der Waals surface area contributed by atoms with E-state index in [1.54, 1.807) is 0 Å². The quantitative estimate of drug-likeness (QED) is 0.795. The summed E-state index contributed by atoms with van der Waals surface area (Å²) in [6.45, 7) is 5.81. The first kappa shape index (κ1) is 15.0. The number of hydrogen-bond acceptors (Lipinski definition) is 3. The highest BCUT2D eigenvalue weighted by Gasteiger charge is 2.43. The maximum Gasteiger partial charge on any atom is 0.0456 e. The molecule has 2 fully saturated rings. The number of rotatable bonds is 3. The Hall–Kier alpha value is -2.33. The van der Waals surface area contributed by atoms with Crippen LogP contribution in [0.25, 0.3) is 10.9 Å². The zero-order valence-electron chi connectivity index (χ0n) is 14.5. The summed E-state index contributed by atoms with van der Waals surface area (Å²) in [6.07, 6.45) is 6.42. The molecule has 4 nitrogen and oxygen atoms in total. The van der Waals surface area contributed by atoms with E-state index in [1.165, 1.54) is 61.3 Å². The Bertz CT molecular complexity index is 839. The molecule has 1 N–H and O–H groups in total. The standard InChI is InChI=1S/C21H24N4/c1-2-4-20-17(3-1)13-18(23-20)14-24-11-7-21(15-24)8-12-25(16-21)19-5-9-22-10-6-19/h1-6,9-10,13,23H,7-8,11-12,14-16H2. The van der Waals surface area contributed by atoms with Gasteiger partial charge in [0.25, 0.3) is 0 Å². The van der Waals surface area contributed by atoms with Crippen molar-refractivity contribution in [3.63, 3.8) is 0 Å². The average molecular weight is 332 g/mol. The molecule has 4 heterocycles. The number of likely N-dealkylation sites (tertiary alicyclic amines) is 1. The Labute approximate surface area is 148 Å². The number of nitrogens with zero attached hydrogens (tertiary/aromatic N) is 3. The van der Waals surface area contributed by atoms with Crippen molar-refractivity contribution >= 4 is 16.6 Å². The number of fused-ring (bicyclic) bond motifs is 1. The van der Waals surface area contributed by atoms with E-state index < -0.39 is 0 Å². The van der Waals surface area contributed by atoms with E-state index in [2.05, 4.69) is 62.2 Å². The predicted molar refractivity (Wildman–Crippen MR) is 102 cm³/mol. The van der Waals surface area contributed by atoms with Gasteiger partial charge in [-0.05, 0) is 49.0 Å². The van der Waals surface area contributed by atoms with Crippen molar-refractivity contribution in [3.8, 4) is 0 Å². The number of hydrogen-bond donors (Lipinski definition) is 1. The minimum absolute atomic E-state index is 0.468. The van der Waals surface area contributed by atoms with E-state index in [1.807, 2.05) is 12.4 Å². The van der Waals surface area contributed by atoms with Crippen molar-refractivity contribution in [2.24, 2.45) is 5.41 Å². The topological polar surface area (TPSA) is 35.2 Å². The lowest BCUT2D eigenvalue weighted by molar-refractivity contribution is 0.268. The number of H-pyrrole nitrogens is 1. The number of aromatic nitrogens is 2. The fourth-order valence-corrected chi connectivity index (χ4v) is 4.67. The average Bonchev–Trinajstić information content (AvgIpc) is 3.35. The molecular weight excluding hydrogens is 308 g/mol. The van der Waals surface area contributed by atoms with Crippen LogP contribution in [0.4, 0.5) is 5.69 Å². The molecule has 5 rings (SSSR count). The minimum Gasteiger partial charge on any atom is -0.371 e.